The number of amides is 1. The van der Waals surface area contributed by atoms with Crippen molar-refractivity contribution in [3.05, 3.63) is 0 Å². The van der Waals surface area contributed by atoms with Gasteiger partial charge in [0.05, 0.1) is 13.0 Å². The summed E-state index contributed by atoms with van der Waals surface area (Å²) >= 11 is 0. The fourth-order valence-corrected chi connectivity index (χ4v) is 1.03. The Labute approximate surface area is 94.0 Å². The first-order chi connectivity index (χ1) is 7.47. The van der Waals surface area contributed by atoms with E-state index in [-0.39, 0.29) is 6.61 Å². The molecule has 0 aliphatic carbocycles. The number of aliphatic carboxylic acids is 1. The number of carboxylic acids is 1. The Morgan fingerprint density at radius 3 is 2.44 bits per heavy atom. The molecule has 0 unspecified atom stereocenters. The van der Waals surface area contributed by atoms with E-state index in [0.29, 0.717) is 6.42 Å². The smallest absolute Gasteiger partial charge is 0.329 e. The first kappa shape index (κ1) is 14.4. The minimum atomic E-state index is -1.16. The lowest BCUT2D eigenvalue weighted by Crippen LogP contribution is -2.42. The van der Waals surface area contributed by atoms with Crippen LogP contribution in [0, 0.1) is 0 Å². The fourth-order valence-electron chi connectivity index (χ4n) is 1.03. The van der Waals surface area contributed by atoms with Gasteiger partial charge in [-0.15, -0.1) is 0 Å². The van der Waals surface area contributed by atoms with Crippen molar-refractivity contribution in [2.45, 2.75) is 39.2 Å². The zero-order valence-electron chi connectivity index (χ0n) is 9.49. The van der Waals surface area contributed by atoms with E-state index in [1.165, 1.54) is 6.92 Å². The predicted molar refractivity (Wildman–Crippen MR) is 55.7 cm³/mol. The van der Waals surface area contributed by atoms with Crippen molar-refractivity contribution in [3.8, 4) is 0 Å². The van der Waals surface area contributed by atoms with E-state index in [9.17, 15) is 14.4 Å². The van der Waals surface area contributed by atoms with Crippen LogP contribution in [0.25, 0.3) is 0 Å². The van der Waals surface area contributed by atoms with Crippen LogP contribution in [0.3, 0.4) is 0 Å². The highest BCUT2D eigenvalue weighted by Gasteiger charge is 2.23. The third-order valence-electron chi connectivity index (χ3n) is 1.78. The number of ether oxygens (including phenoxy) is 1. The number of carbonyl (C=O) groups excluding carboxylic acids is 2. The Bertz CT molecular complexity index is 248. The molecular formula is C10H17NO5. The fraction of sp³-hybridized carbons (Fsp3) is 0.700. The van der Waals surface area contributed by atoms with Crippen LogP contribution in [0.4, 0.5) is 0 Å². The number of esters is 1. The third kappa shape index (κ3) is 6.80. The van der Waals surface area contributed by atoms with E-state index in [4.69, 9.17) is 9.84 Å². The van der Waals surface area contributed by atoms with E-state index in [1.807, 2.05) is 6.92 Å². The highest BCUT2D eigenvalue weighted by molar-refractivity contribution is 5.86. The van der Waals surface area contributed by atoms with E-state index in [0.717, 1.165) is 6.42 Å². The van der Waals surface area contributed by atoms with E-state index < -0.39 is 30.3 Å². The van der Waals surface area contributed by atoms with E-state index in [1.54, 1.807) is 0 Å². The number of hydrogen-bond donors (Lipinski definition) is 2. The molecule has 0 aliphatic rings. The molecule has 2 N–H and O–H groups in total. The molecule has 6 nitrogen and oxygen atoms in total. The Morgan fingerprint density at radius 2 is 2.00 bits per heavy atom. The molecule has 0 spiro atoms. The summed E-state index contributed by atoms with van der Waals surface area (Å²) in [6.45, 7) is 3.40. The molecule has 1 amide bonds. The van der Waals surface area contributed by atoms with Gasteiger partial charge in [-0.25, -0.2) is 4.79 Å². The normalized spacial score (nSPS) is 11.6. The standard InChI is InChI=1S/C10H17NO5/c1-3-4-5-16-10(15)8(6-9(13)14)11-7(2)12/h8H,3-6H2,1-2H3,(H,11,12)(H,13,14)/t8-/m0/s1. The van der Waals surface area contributed by atoms with Gasteiger partial charge in [0.15, 0.2) is 0 Å². The van der Waals surface area contributed by atoms with Gasteiger partial charge in [0.2, 0.25) is 5.91 Å². The first-order valence-corrected chi connectivity index (χ1v) is 5.13. The molecule has 16 heavy (non-hydrogen) atoms. The number of unbranched alkanes of at least 4 members (excludes halogenated alkanes) is 1. The second kappa shape index (κ2) is 7.67. The van der Waals surface area contributed by atoms with Crippen LogP contribution in [-0.2, 0) is 19.1 Å². The molecule has 0 bridgehead atoms. The van der Waals surface area contributed by atoms with Gasteiger partial charge < -0.3 is 15.2 Å². The topological polar surface area (TPSA) is 92.7 Å². The number of hydrogen-bond acceptors (Lipinski definition) is 4. The quantitative estimate of drug-likeness (QED) is 0.486. The Morgan fingerprint density at radius 1 is 1.38 bits per heavy atom. The van der Waals surface area contributed by atoms with Gasteiger partial charge in [-0.05, 0) is 6.42 Å². The molecule has 0 aromatic heterocycles. The van der Waals surface area contributed by atoms with E-state index >= 15 is 0 Å². The second-order valence-corrected chi connectivity index (χ2v) is 3.37. The van der Waals surface area contributed by atoms with Crippen molar-refractivity contribution in [1.29, 1.82) is 0 Å². The zero-order valence-corrected chi connectivity index (χ0v) is 9.49. The number of nitrogens with one attached hydrogen (secondary N) is 1. The molecule has 0 aliphatic heterocycles. The van der Waals surface area contributed by atoms with Crippen LogP contribution in [0.15, 0.2) is 0 Å². The summed E-state index contributed by atoms with van der Waals surface area (Å²) < 4.78 is 4.83. The predicted octanol–water partition coefficient (Wildman–Crippen LogP) is 0.309. The summed E-state index contributed by atoms with van der Waals surface area (Å²) in [6, 6.07) is -1.10. The molecule has 0 saturated heterocycles. The largest absolute Gasteiger partial charge is 0.481 e. The lowest BCUT2D eigenvalue weighted by Gasteiger charge is -2.14. The lowest BCUT2D eigenvalue weighted by atomic mass is 10.2. The average molecular weight is 231 g/mol. The third-order valence-corrected chi connectivity index (χ3v) is 1.78. The van der Waals surface area contributed by atoms with Gasteiger partial charge >= 0.3 is 11.9 Å². The molecule has 0 aromatic carbocycles. The van der Waals surface area contributed by atoms with E-state index in [2.05, 4.69) is 5.32 Å². The maximum atomic E-state index is 11.4. The van der Waals surface area contributed by atoms with Crippen LogP contribution in [-0.4, -0.2) is 35.6 Å². The highest BCUT2D eigenvalue weighted by atomic mass is 16.5. The summed E-state index contributed by atoms with van der Waals surface area (Å²) in [4.78, 5) is 32.6. The van der Waals surface area contributed by atoms with Crippen LogP contribution in [0.5, 0.6) is 0 Å². The maximum Gasteiger partial charge on any atom is 0.329 e. The van der Waals surface area contributed by atoms with Crippen molar-refractivity contribution < 1.29 is 24.2 Å². The van der Waals surface area contributed by atoms with Crippen molar-refractivity contribution in [1.82, 2.24) is 5.32 Å². The number of carbonyl (C=O) groups is 3. The van der Waals surface area contributed by atoms with Crippen LogP contribution < -0.4 is 5.32 Å². The molecule has 0 aromatic rings. The monoisotopic (exact) mass is 231 g/mol. The summed E-state index contributed by atoms with van der Waals surface area (Å²) in [6.07, 6.45) is 1.12. The molecule has 6 heteroatoms. The Balaban J connectivity index is 4.20. The first-order valence-electron chi connectivity index (χ1n) is 5.13. The SMILES string of the molecule is CCCCOC(=O)[C@H](CC(=O)O)NC(C)=O. The summed E-state index contributed by atoms with van der Waals surface area (Å²) in [5.41, 5.74) is 0. The van der Waals surface area contributed by atoms with Crippen molar-refractivity contribution in [3.63, 3.8) is 0 Å². The van der Waals surface area contributed by atoms with Crippen LogP contribution in [0.2, 0.25) is 0 Å². The molecule has 0 saturated carbocycles. The van der Waals surface area contributed by atoms with Gasteiger partial charge in [-0.1, -0.05) is 13.3 Å². The number of rotatable bonds is 7. The minimum absolute atomic E-state index is 0.241. The molecular weight excluding hydrogens is 214 g/mol. The molecule has 92 valence electrons. The summed E-state index contributed by atoms with van der Waals surface area (Å²) in [7, 11) is 0. The van der Waals surface area contributed by atoms with Gasteiger partial charge in [-0.2, -0.15) is 0 Å². The van der Waals surface area contributed by atoms with Crippen molar-refractivity contribution in [2.24, 2.45) is 0 Å². The van der Waals surface area contributed by atoms with Gasteiger partial charge in [0.1, 0.15) is 6.04 Å². The van der Waals surface area contributed by atoms with Gasteiger partial charge in [0.25, 0.3) is 0 Å². The Hall–Kier alpha value is -1.59. The average Bonchev–Trinajstić information content (AvgIpc) is 2.15. The Kier molecular flexibility index (Phi) is 6.91. The summed E-state index contributed by atoms with van der Waals surface area (Å²) in [5.74, 6) is -2.32. The molecule has 0 rings (SSSR count). The molecule has 1 atom stereocenters. The maximum absolute atomic E-state index is 11.4. The van der Waals surface area contributed by atoms with Crippen LogP contribution >= 0.6 is 0 Å². The minimum Gasteiger partial charge on any atom is -0.481 e. The van der Waals surface area contributed by atoms with Crippen molar-refractivity contribution in [2.75, 3.05) is 6.61 Å². The van der Waals surface area contributed by atoms with Gasteiger partial charge in [0, 0.05) is 6.92 Å². The highest BCUT2D eigenvalue weighted by Crippen LogP contribution is 1.98. The molecule has 0 fully saturated rings. The molecule has 0 heterocycles. The summed E-state index contributed by atoms with van der Waals surface area (Å²) in [5, 5.41) is 10.8. The van der Waals surface area contributed by atoms with Gasteiger partial charge in [-0.3, -0.25) is 9.59 Å². The lowest BCUT2D eigenvalue weighted by molar-refractivity contribution is -0.151. The molecule has 0 radical (unpaired) electrons. The second-order valence-electron chi connectivity index (χ2n) is 3.37. The number of carboxylic acid groups (broad SMARTS) is 1. The van der Waals surface area contributed by atoms with Crippen LogP contribution in [0.1, 0.15) is 33.1 Å². The zero-order chi connectivity index (χ0) is 12.6. The van der Waals surface area contributed by atoms with Crippen molar-refractivity contribution >= 4 is 17.8 Å².